The Balaban J connectivity index is 0.00000256. The number of fused-ring (bicyclic) bond motifs is 1. The molecular formula is C21H26N6O2. The molecule has 0 saturated carbocycles. The van der Waals surface area contributed by atoms with Crippen LogP contribution in [0, 0.1) is 0 Å². The van der Waals surface area contributed by atoms with E-state index in [1.807, 2.05) is 35.4 Å². The minimum Gasteiger partial charge on any atom is -0.355 e. The molecule has 0 aliphatic carbocycles. The molecule has 0 aromatic carbocycles. The molecular weight excluding hydrogens is 368 g/mol. The Bertz CT molecular complexity index is 1070. The minimum atomic E-state index is -0.135. The van der Waals surface area contributed by atoms with Crippen molar-refractivity contribution in [2.45, 2.75) is 20.3 Å². The van der Waals surface area contributed by atoms with Crippen LogP contribution in [0.2, 0.25) is 0 Å². The quantitative estimate of drug-likeness (QED) is 0.712. The van der Waals surface area contributed by atoms with Crippen molar-refractivity contribution in [1.82, 2.24) is 19.9 Å². The number of carbonyl (C=O) groups is 2. The predicted molar refractivity (Wildman–Crippen MR) is 115 cm³/mol. The lowest BCUT2D eigenvalue weighted by molar-refractivity contribution is -0.128. The maximum atomic E-state index is 11.7. The largest absolute Gasteiger partial charge is 0.355 e. The maximum Gasteiger partial charge on any atom is 0.221 e. The Morgan fingerprint density at radius 3 is 2.83 bits per heavy atom. The van der Waals surface area contributed by atoms with Crippen LogP contribution in [0.4, 0.5) is 11.5 Å². The Labute approximate surface area is 170 Å². The number of aromatic nitrogens is 3. The SMILES string of the molecule is CC(=O)Nc1cnc2[nH]cc(-c3cccc(N4CCCN(C(C)=O)CC4)n3)c2c1.[HH]. The van der Waals surface area contributed by atoms with E-state index in [9.17, 15) is 9.59 Å². The summed E-state index contributed by atoms with van der Waals surface area (Å²) in [5, 5.41) is 3.67. The maximum absolute atomic E-state index is 11.7. The molecule has 29 heavy (non-hydrogen) atoms. The zero-order chi connectivity index (χ0) is 20.4. The van der Waals surface area contributed by atoms with Gasteiger partial charge in [0.05, 0.1) is 17.6 Å². The van der Waals surface area contributed by atoms with Gasteiger partial charge in [-0.3, -0.25) is 9.59 Å². The Morgan fingerprint density at radius 1 is 1.17 bits per heavy atom. The number of hydrogen-bond acceptors (Lipinski definition) is 5. The third-order valence-electron chi connectivity index (χ3n) is 5.13. The summed E-state index contributed by atoms with van der Waals surface area (Å²) in [7, 11) is 0. The molecule has 4 heterocycles. The van der Waals surface area contributed by atoms with Crippen molar-refractivity contribution < 1.29 is 11.0 Å². The first-order valence-corrected chi connectivity index (χ1v) is 9.74. The van der Waals surface area contributed by atoms with Gasteiger partial charge in [0.25, 0.3) is 0 Å². The average Bonchev–Trinajstić information content (AvgIpc) is 2.94. The van der Waals surface area contributed by atoms with E-state index in [1.165, 1.54) is 6.92 Å². The van der Waals surface area contributed by atoms with Gasteiger partial charge in [-0.15, -0.1) is 0 Å². The van der Waals surface area contributed by atoms with Crippen molar-refractivity contribution in [3.05, 3.63) is 36.7 Å². The van der Waals surface area contributed by atoms with Crippen LogP contribution in [0.5, 0.6) is 0 Å². The molecule has 1 aliphatic rings. The number of nitrogens with one attached hydrogen (secondary N) is 2. The summed E-state index contributed by atoms with van der Waals surface area (Å²) in [6.45, 7) is 6.21. The lowest BCUT2D eigenvalue weighted by Crippen LogP contribution is -2.33. The summed E-state index contributed by atoms with van der Waals surface area (Å²) in [6, 6.07) is 7.87. The molecule has 1 aliphatic heterocycles. The van der Waals surface area contributed by atoms with Gasteiger partial charge >= 0.3 is 0 Å². The highest BCUT2D eigenvalue weighted by molar-refractivity contribution is 5.97. The van der Waals surface area contributed by atoms with Gasteiger partial charge in [0, 0.05) is 58.6 Å². The Hall–Kier alpha value is -3.42. The van der Waals surface area contributed by atoms with Crippen LogP contribution in [0.25, 0.3) is 22.3 Å². The lowest BCUT2D eigenvalue weighted by Gasteiger charge is -2.22. The highest BCUT2D eigenvalue weighted by Crippen LogP contribution is 2.29. The molecule has 1 saturated heterocycles. The number of nitrogens with zero attached hydrogens (tertiary/aromatic N) is 4. The predicted octanol–water partition coefficient (Wildman–Crippen LogP) is 2.89. The fourth-order valence-corrected chi connectivity index (χ4v) is 3.70. The summed E-state index contributed by atoms with van der Waals surface area (Å²) >= 11 is 0. The van der Waals surface area contributed by atoms with E-state index in [2.05, 4.69) is 20.2 Å². The number of carbonyl (C=O) groups excluding carboxylic acids is 2. The van der Waals surface area contributed by atoms with Crippen LogP contribution < -0.4 is 10.2 Å². The molecule has 2 amide bonds. The summed E-state index contributed by atoms with van der Waals surface area (Å²) in [6.07, 6.45) is 4.44. The van der Waals surface area contributed by atoms with E-state index in [0.29, 0.717) is 12.2 Å². The van der Waals surface area contributed by atoms with E-state index >= 15 is 0 Å². The second-order valence-corrected chi connectivity index (χ2v) is 7.23. The molecule has 0 bridgehead atoms. The fourth-order valence-electron chi connectivity index (χ4n) is 3.70. The standard InChI is InChI=1S/C21H24N6O2.H2/c1-14(28)24-16-11-17-18(13-23-21(17)22-12-16)19-5-3-6-20(25-19)27-8-4-7-26(9-10-27)15(2)29;/h3,5-6,11-13H,4,7-10H2,1-2H3,(H,22,23)(H,24,28);1H. The summed E-state index contributed by atoms with van der Waals surface area (Å²) in [5.74, 6) is 0.882. The van der Waals surface area contributed by atoms with Gasteiger partial charge in [-0.2, -0.15) is 0 Å². The first kappa shape index (κ1) is 18.9. The van der Waals surface area contributed by atoms with E-state index < -0.39 is 0 Å². The van der Waals surface area contributed by atoms with Gasteiger partial charge < -0.3 is 20.1 Å². The van der Waals surface area contributed by atoms with Gasteiger partial charge in [-0.1, -0.05) is 6.07 Å². The smallest absolute Gasteiger partial charge is 0.221 e. The van der Waals surface area contributed by atoms with Crippen LogP contribution >= 0.6 is 0 Å². The highest BCUT2D eigenvalue weighted by Gasteiger charge is 2.18. The van der Waals surface area contributed by atoms with Gasteiger partial charge in [0.2, 0.25) is 11.8 Å². The van der Waals surface area contributed by atoms with Crippen molar-refractivity contribution in [2.24, 2.45) is 0 Å². The van der Waals surface area contributed by atoms with E-state index in [1.54, 1.807) is 13.1 Å². The summed E-state index contributed by atoms with van der Waals surface area (Å²) in [4.78, 5) is 39.6. The number of amides is 2. The topological polar surface area (TPSA) is 94.2 Å². The number of H-pyrrole nitrogens is 1. The molecule has 2 N–H and O–H groups in total. The number of rotatable bonds is 3. The highest BCUT2D eigenvalue weighted by atomic mass is 16.2. The molecule has 4 rings (SSSR count). The van der Waals surface area contributed by atoms with Crippen molar-refractivity contribution in [3.8, 4) is 11.3 Å². The van der Waals surface area contributed by atoms with Crippen molar-refractivity contribution >= 4 is 34.4 Å². The van der Waals surface area contributed by atoms with Gasteiger partial charge in [0.15, 0.2) is 0 Å². The Morgan fingerprint density at radius 2 is 2.03 bits per heavy atom. The number of anilines is 2. The first-order chi connectivity index (χ1) is 14.0. The van der Waals surface area contributed by atoms with Gasteiger partial charge in [-0.25, -0.2) is 9.97 Å². The molecule has 3 aromatic rings. The molecule has 8 heteroatoms. The monoisotopic (exact) mass is 394 g/mol. The third kappa shape index (κ3) is 4.06. The second-order valence-electron chi connectivity index (χ2n) is 7.23. The van der Waals surface area contributed by atoms with Crippen molar-refractivity contribution in [2.75, 3.05) is 36.4 Å². The van der Waals surface area contributed by atoms with Crippen LogP contribution in [0.1, 0.15) is 21.7 Å². The zero-order valence-corrected chi connectivity index (χ0v) is 16.6. The molecule has 0 unspecified atom stereocenters. The summed E-state index contributed by atoms with van der Waals surface area (Å²) < 4.78 is 0. The van der Waals surface area contributed by atoms with Crippen LogP contribution in [-0.4, -0.2) is 57.8 Å². The van der Waals surface area contributed by atoms with Crippen molar-refractivity contribution in [3.63, 3.8) is 0 Å². The van der Waals surface area contributed by atoms with Crippen molar-refractivity contribution in [1.29, 1.82) is 0 Å². The molecule has 0 atom stereocenters. The van der Waals surface area contributed by atoms with E-state index in [0.717, 1.165) is 54.2 Å². The zero-order valence-electron chi connectivity index (χ0n) is 16.6. The van der Waals surface area contributed by atoms with Crippen LogP contribution in [-0.2, 0) is 9.59 Å². The van der Waals surface area contributed by atoms with E-state index in [-0.39, 0.29) is 13.2 Å². The normalized spacial score (nSPS) is 14.7. The number of pyridine rings is 2. The van der Waals surface area contributed by atoms with Gasteiger partial charge in [-0.05, 0) is 24.6 Å². The fraction of sp³-hybridized carbons (Fsp3) is 0.333. The summed E-state index contributed by atoms with van der Waals surface area (Å²) in [5.41, 5.74) is 3.16. The number of hydrogen-bond donors (Lipinski definition) is 2. The minimum absolute atomic E-state index is 0. The Kier molecular flexibility index (Phi) is 5.16. The first-order valence-electron chi connectivity index (χ1n) is 9.74. The molecule has 152 valence electrons. The average molecular weight is 394 g/mol. The second kappa shape index (κ2) is 7.90. The molecule has 1 fully saturated rings. The van der Waals surface area contributed by atoms with Gasteiger partial charge in [0.1, 0.15) is 11.5 Å². The molecule has 3 aromatic heterocycles. The molecule has 8 nitrogen and oxygen atoms in total. The van der Waals surface area contributed by atoms with E-state index in [4.69, 9.17) is 4.98 Å². The van der Waals surface area contributed by atoms with Crippen LogP contribution in [0.3, 0.4) is 0 Å². The molecule has 0 radical (unpaired) electrons. The molecule has 0 spiro atoms. The lowest BCUT2D eigenvalue weighted by atomic mass is 10.1. The third-order valence-corrected chi connectivity index (χ3v) is 5.13. The number of aromatic amines is 1. The van der Waals surface area contributed by atoms with Crippen LogP contribution in [0.15, 0.2) is 36.7 Å².